The summed E-state index contributed by atoms with van der Waals surface area (Å²) in [5, 5.41) is 8.02. The number of nitrogens with zero attached hydrogens (tertiary/aromatic N) is 1. The van der Waals surface area contributed by atoms with Crippen molar-refractivity contribution in [3.8, 4) is 0 Å². The molecule has 0 aliphatic heterocycles. The summed E-state index contributed by atoms with van der Waals surface area (Å²) >= 11 is 5.44. The Kier molecular flexibility index (Phi) is 4.48. The smallest absolute Gasteiger partial charge is 0.382 e. The maximum Gasteiger partial charge on any atom is 0.441 e. The predicted octanol–water partition coefficient (Wildman–Crippen LogP) is 2.09. The minimum absolute atomic E-state index is 0.0367. The fraction of sp³-hybridized carbons (Fsp3) is 0.429. The first-order valence-electron chi connectivity index (χ1n) is 4.08. The highest BCUT2D eigenvalue weighted by Crippen LogP contribution is 2.29. The van der Waals surface area contributed by atoms with Gasteiger partial charge < -0.3 is 5.32 Å². The van der Waals surface area contributed by atoms with Gasteiger partial charge >= 0.3 is 5.51 Å². The Labute approximate surface area is 97.6 Å². The molecule has 0 saturated heterocycles. The predicted molar refractivity (Wildman–Crippen MR) is 56.9 cm³/mol. The standard InChI is InChI=1S/C7H7ClF3N3OS/c8-5-4(3-13-14-6(5)15)12-1-2-16-7(9,10)11/h3H,1-2H2,(H2,12,14,15). The van der Waals surface area contributed by atoms with Crippen LogP contribution >= 0.6 is 23.4 Å². The van der Waals surface area contributed by atoms with E-state index in [1.54, 1.807) is 0 Å². The average molecular weight is 274 g/mol. The van der Waals surface area contributed by atoms with Gasteiger partial charge in [0.15, 0.2) is 0 Å². The molecule has 0 aliphatic rings. The maximum atomic E-state index is 11.8. The third-order valence-corrected chi connectivity index (χ3v) is 2.59. The molecule has 16 heavy (non-hydrogen) atoms. The molecule has 0 radical (unpaired) electrons. The summed E-state index contributed by atoms with van der Waals surface area (Å²) in [6, 6.07) is 0. The molecule has 1 rings (SSSR count). The second-order valence-corrected chi connectivity index (χ2v) is 4.19. The zero-order valence-corrected chi connectivity index (χ0v) is 9.34. The van der Waals surface area contributed by atoms with Crippen LogP contribution in [0, 0.1) is 0 Å². The number of hydrogen-bond donors (Lipinski definition) is 2. The summed E-state index contributed by atoms with van der Waals surface area (Å²) in [5.41, 5.74) is -4.62. The largest absolute Gasteiger partial charge is 0.441 e. The molecule has 9 heteroatoms. The van der Waals surface area contributed by atoms with Crippen molar-refractivity contribution in [2.45, 2.75) is 5.51 Å². The SMILES string of the molecule is O=c1[nH]ncc(NCCSC(F)(F)F)c1Cl. The normalized spacial score (nSPS) is 11.5. The van der Waals surface area contributed by atoms with Gasteiger partial charge in [-0.15, -0.1) is 0 Å². The van der Waals surface area contributed by atoms with Crippen LogP contribution in [0.3, 0.4) is 0 Å². The van der Waals surface area contributed by atoms with Crippen molar-refractivity contribution in [2.24, 2.45) is 0 Å². The Morgan fingerprint density at radius 2 is 2.25 bits per heavy atom. The lowest BCUT2D eigenvalue weighted by molar-refractivity contribution is -0.0327. The van der Waals surface area contributed by atoms with Crippen LogP contribution in [0.1, 0.15) is 0 Å². The monoisotopic (exact) mass is 273 g/mol. The highest BCUT2D eigenvalue weighted by Gasteiger charge is 2.27. The highest BCUT2D eigenvalue weighted by atomic mass is 35.5. The van der Waals surface area contributed by atoms with E-state index in [-0.39, 0.29) is 34.8 Å². The fourth-order valence-corrected chi connectivity index (χ4v) is 1.45. The third kappa shape index (κ3) is 4.31. The number of alkyl halides is 3. The Bertz CT molecular complexity index is 409. The van der Waals surface area contributed by atoms with Crippen LogP contribution in [0.25, 0.3) is 0 Å². The summed E-state index contributed by atoms with van der Waals surface area (Å²) in [4.78, 5) is 11.0. The van der Waals surface area contributed by atoms with Gasteiger partial charge in [-0.3, -0.25) is 4.79 Å². The molecule has 1 heterocycles. The highest BCUT2D eigenvalue weighted by molar-refractivity contribution is 8.00. The van der Waals surface area contributed by atoms with Crippen LogP contribution < -0.4 is 10.9 Å². The number of thioether (sulfide) groups is 1. The van der Waals surface area contributed by atoms with E-state index < -0.39 is 11.1 Å². The number of aromatic nitrogens is 2. The molecule has 4 nitrogen and oxygen atoms in total. The Morgan fingerprint density at radius 3 is 2.88 bits per heavy atom. The van der Waals surface area contributed by atoms with Crippen LogP contribution in [-0.2, 0) is 0 Å². The van der Waals surface area contributed by atoms with E-state index in [1.807, 2.05) is 0 Å². The molecular formula is C7H7ClF3N3OS. The first-order chi connectivity index (χ1) is 7.40. The van der Waals surface area contributed by atoms with Gasteiger partial charge in [-0.25, -0.2) is 5.10 Å². The maximum absolute atomic E-state index is 11.8. The lowest BCUT2D eigenvalue weighted by Crippen LogP contribution is -2.14. The van der Waals surface area contributed by atoms with Crippen LogP contribution in [0.2, 0.25) is 5.02 Å². The number of aromatic amines is 1. The first-order valence-corrected chi connectivity index (χ1v) is 5.44. The van der Waals surface area contributed by atoms with Crippen LogP contribution in [0.15, 0.2) is 11.0 Å². The van der Waals surface area contributed by atoms with Gasteiger partial charge in [-0.05, 0) is 11.8 Å². The third-order valence-electron chi connectivity index (χ3n) is 1.48. The molecule has 0 spiro atoms. The van der Waals surface area contributed by atoms with Crippen LogP contribution in [0.5, 0.6) is 0 Å². The van der Waals surface area contributed by atoms with E-state index in [9.17, 15) is 18.0 Å². The van der Waals surface area contributed by atoms with Crippen molar-refractivity contribution in [3.05, 3.63) is 21.6 Å². The number of halogens is 4. The zero-order valence-electron chi connectivity index (χ0n) is 7.77. The van der Waals surface area contributed by atoms with Crippen LogP contribution in [-0.4, -0.2) is 28.0 Å². The van der Waals surface area contributed by atoms with E-state index >= 15 is 0 Å². The van der Waals surface area contributed by atoms with Gasteiger partial charge in [0.25, 0.3) is 5.56 Å². The van der Waals surface area contributed by atoms with Gasteiger partial charge in [0.2, 0.25) is 0 Å². The van der Waals surface area contributed by atoms with Crippen molar-refractivity contribution in [3.63, 3.8) is 0 Å². The molecule has 0 aromatic carbocycles. The average Bonchev–Trinajstić information content (AvgIpc) is 2.17. The molecule has 0 unspecified atom stereocenters. The van der Waals surface area contributed by atoms with Crippen LogP contribution in [0.4, 0.5) is 18.9 Å². The topological polar surface area (TPSA) is 57.8 Å². The van der Waals surface area contributed by atoms with E-state index in [2.05, 4.69) is 15.5 Å². The molecule has 1 aromatic heterocycles. The van der Waals surface area contributed by atoms with Crippen molar-refractivity contribution in [1.82, 2.24) is 10.2 Å². The number of rotatable bonds is 4. The van der Waals surface area contributed by atoms with Gasteiger partial charge in [0.05, 0.1) is 11.9 Å². The fourth-order valence-electron chi connectivity index (χ4n) is 0.859. The molecular weight excluding hydrogens is 267 g/mol. The molecule has 0 bridgehead atoms. The molecule has 0 aliphatic carbocycles. The molecule has 0 atom stereocenters. The quantitative estimate of drug-likeness (QED) is 0.825. The van der Waals surface area contributed by atoms with Crippen molar-refractivity contribution in [2.75, 3.05) is 17.6 Å². The van der Waals surface area contributed by atoms with E-state index in [0.717, 1.165) is 0 Å². The van der Waals surface area contributed by atoms with Crippen molar-refractivity contribution in [1.29, 1.82) is 0 Å². The zero-order chi connectivity index (χ0) is 12.2. The van der Waals surface area contributed by atoms with E-state index in [0.29, 0.717) is 0 Å². The summed E-state index contributed by atoms with van der Waals surface area (Å²) in [7, 11) is 0. The number of hydrogen-bond acceptors (Lipinski definition) is 4. The van der Waals surface area contributed by atoms with Gasteiger partial charge in [-0.1, -0.05) is 11.6 Å². The lowest BCUT2D eigenvalue weighted by Gasteiger charge is -2.08. The van der Waals surface area contributed by atoms with Gasteiger partial charge in [0, 0.05) is 12.3 Å². The summed E-state index contributed by atoms with van der Waals surface area (Å²) in [5.74, 6) is -0.174. The minimum Gasteiger partial charge on any atom is -0.382 e. The minimum atomic E-state index is -4.25. The number of nitrogens with one attached hydrogen (secondary N) is 2. The Morgan fingerprint density at radius 1 is 1.56 bits per heavy atom. The van der Waals surface area contributed by atoms with E-state index in [1.165, 1.54) is 6.20 Å². The van der Waals surface area contributed by atoms with Gasteiger partial charge in [-0.2, -0.15) is 18.3 Å². The number of H-pyrrole nitrogens is 1. The summed E-state index contributed by atoms with van der Waals surface area (Å²) < 4.78 is 35.3. The molecule has 90 valence electrons. The lowest BCUT2D eigenvalue weighted by atomic mass is 10.4. The van der Waals surface area contributed by atoms with Crippen molar-refractivity contribution < 1.29 is 13.2 Å². The van der Waals surface area contributed by atoms with E-state index in [4.69, 9.17) is 11.6 Å². The summed E-state index contributed by atoms with van der Waals surface area (Å²) in [6.45, 7) is 0.0367. The second-order valence-electron chi connectivity index (χ2n) is 2.65. The molecule has 1 aromatic rings. The Balaban J connectivity index is 2.44. The van der Waals surface area contributed by atoms with Crippen molar-refractivity contribution >= 4 is 29.1 Å². The number of anilines is 1. The first kappa shape index (κ1) is 13.2. The molecule has 0 saturated carbocycles. The van der Waals surface area contributed by atoms with Gasteiger partial charge in [0.1, 0.15) is 5.02 Å². The summed E-state index contributed by atoms with van der Waals surface area (Å²) in [6.07, 6.45) is 1.24. The molecule has 2 N–H and O–H groups in total. The second kappa shape index (κ2) is 5.44. The Hall–Kier alpha value is -0.890. The molecule has 0 fully saturated rings. The molecule has 0 amide bonds.